The quantitative estimate of drug-likeness (QED) is 0.434. The largest absolute Gasteiger partial charge is 0.479 e. The van der Waals surface area contributed by atoms with Gasteiger partial charge in [-0.3, -0.25) is 4.79 Å². The summed E-state index contributed by atoms with van der Waals surface area (Å²) in [4.78, 5) is 11.2. The number of nitriles is 1. The first kappa shape index (κ1) is 22.9. The topological polar surface area (TPSA) is 59.3 Å². The third kappa shape index (κ3) is 7.15. The zero-order chi connectivity index (χ0) is 20.4. The number of hydrogen-bond donors (Lipinski definition) is 0. The van der Waals surface area contributed by atoms with Crippen LogP contribution in [0.15, 0.2) is 24.3 Å². The number of carbonyl (C=O) groups is 1. The molecule has 1 aromatic heterocycles. The molecule has 0 fully saturated rings. The lowest BCUT2D eigenvalue weighted by Crippen LogP contribution is -2.02. The fourth-order valence-electron chi connectivity index (χ4n) is 2.16. The van der Waals surface area contributed by atoms with Crippen molar-refractivity contribution < 1.29 is 26.9 Å². The number of aryl methyl sites for hydroxylation is 2. The van der Waals surface area contributed by atoms with Gasteiger partial charge in [0.25, 0.3) is 6.47 Å². The summed E-state index contributed by atoms with van der Waals surface area (Å²) in [5.41, 5.74) is -2.15. The molecule has 0 saturated heterocycles. The van der Waals surface area contributed by atoms with Crippen LogP contribution in [0.4, 0.5) is 13.2 Å². The minimum atomic E-state index is -4.44. The fraction of sp³-hybridized carbons (Fsp3) is 0.333. The van der Waals surface area contributed by atoms with Crippen LogP contribution in [-0.4, -0.2) is 18.6 Å². The minimum Gasteiger partial charge on any atom is -0.468 e. The molecule has 0 bridgehead atoms. The Kier molecular flexibility index (Phi) is 9.18. The van der Waals surface area contributed by atoms with E-state index in [1.54, 1.807) is 30.4 Å². The van der Waals surface area contributed by atoms with Crippen molar-refractivity contribution in [2.24, 2.45) is 0 Å². The molecule has 0 aliphatic heterocycles. The number of hydrogen-bond acceptors (Lipinski definition) is 6. The SMILES string of the molecule is CCOC=O.CCc1sc(C)c(-c2ccc(OSC(F)(F)F)cc2)c1C#N. The average Bonchev–Trinajstić information content (AvgIpc) is 2.96. The number of rotatable bonds is 6. The molecule has 146 valence electrons. The van der Waals surface area contributed by atoms with E-state index in [0.717, 1.165) is 27.3 Å². The van der Waals surface area contributed by atoms with Crippen LogP contribution in [0.1, 0.15) is 29.2 Å². The van der Waals surface area contributed by atoms with Gasteiger partial charge in [0.15, 0.2) is 12.0 Å². The zero-order valence-corrected chi connectivity index (χ0v) is 16.6. The van der Waals surface area contributed by atoms with Gasteiger partial charge in [-0.25, -0.2) is 0 Å². The van der Waals surface area contributed by atoms with E-state index in [1.807, 2.05) is 13.8 Å². The van der Waals surface area contributed by atoms with Crippen LogP contribution in [0, 0.1) is 18.3 Å². The van der Waals surface area contributed by atoms with E-state index in [2.05, 4.69) is 15.0 Å². The number of halogens is 3. The smallest absolute Gasteiger partial charge is 0.468 e. The number of ether oxygens (including phenoxy) is 1. The van der Waals surface area contributed by atoms with Crippen molar-refractivity contribution in [2.45, 2.75) is 32.7 Å². The van der Waals surface area contributed by atoms with Gasteiger partial charge in [-0.2, -0.15) is 18.4 Å². The minimum absolute atomic E-state index is 0.119. The van der Waals surface area contributed by atoms with Crippen molar-refractivity contribution in [1.29, 1.82) is 5.26 Å². The van der Waals surface area contributed by atoms with Gasteiger partial charge in [0.1, 0.15) is 11.8 Å². The molecular formula is C18H18F3NO3S2. The molecule has 0 aliphatic rings. The van der Waals surface area contributed by atoms with Crippen LogP contribution in [-0.2, 0) is 16.0 Å². The predicted molar refractivity (Wildman–Crippen MR) is 101 cm³/mol. The summed E-state index contributed by atoms with van der Waals surface area (Å²) in [5.74, 6) is 0.119. The second-order valence-electron chi connectivity index (χ2n) is 4.99. The molecule has 0 N–H and O–H groups in total. The van der Waals surface area contributed by atoms with Crippen LogP contribution in [0.2, 0.25) is 0 Å². The Balaban J connectivity index is 0.000000646. The molecule has 9 heteroatoms. The van der Waals surface area contributed by atoms with E-state index >= 15 is 0 Å². The van der Waals surface area contributed by atoms with Crippen molar-refractivity contribution in [1.82, 2.24) is 0 Å². The summed E-state index contributed by atoms with van der Waals surface area (Å²) in [6.07, 6.45) is 0.776. The van der Waals surface area contributed by atoms with E-state index in [0.29, 0.717) is 18.6 Å². The Labute approximate surface area is 164 Å². The lowest BCUT2D eigenvalue weighted by molar-refractivity contribution is -0.128. The first-order valence-electron chi connectivity index (χ1n) is 7.87. The van der Waals surface area contributed by atoms with Gasteiger partial charge >= 0.3 is 5.51 Å². The molecule has 4 nitrogen and oxygen atoms in total. The van der Waals surface area contributed by atoms with Gasteiger partial charge in [0.05, 0.1) is 12.2 Å². The molecule has 0 spiro atoms. The maximum atomic E-state index is 12.1. The maximum Gasteiger partial charge on any atom is 0.479 e. The van der Waals surface area contributed by atoms with Crippen LogP contribution in [0.25, 0.3) is 11.1 Å². The molecule has 0 amide bonds. The Morgan fingerprint density at radius 1 is 1.26 bits per heavy atom. The normalized spacial score (nSPS) is 10.4. The van der Waals surface area contributed by atoms with Crippen LogP contribution in [0.5, 0.6) is 5.75 Å². The maximum absolute atomic E-state index is 12.1. The predicted octanol–water partition coefficient (Wildman–Crippen LogP) is 5.88. The van der Waals surface area contributed by atoms with E-state index in [1.165, 1.54) is 12.1 Å². The average molecular weight is 417 g/mol. The highest BCUT2D eigenvalue weighted by atomic mass is 32.2. The summed E-state index contributed by atoms with van der Waals surface area (Å²) < 4.78 is 45.0. The van der Waals surface area contributed by atoms with Gasteiger partial charge in [-0.15, -0.1) is 11.3 Å². The first-order valence-corrected chi connectivity index (χ1v) is 9.43. The Morgan fingerprint density at radius 3 is 2.30 bits per heavy atom. The summed E-state index contributed by atoms with van der Waals surface area (Å²) >= 11 is 1.03. The second-order valence-corrected chi connectivity index (χ2v) is 7.09. The summed E-state index contributed by atoms with van der Waals surface area (Å²) in [5, 5.41) is 9.34. The molecular weight excluding hydrogens is 399 g/mol. The monoisotopic (exact) mass is 417 g/mol. The number of carbonyl (C=O) groups excluding carboxylic acids is 1. The molecule has 2 aromatic rings. The second kappa shape index (κ2) is 10.8. The third-order valence-corrected chi connectivity index (χ3v) is 4.91. The van der Waals surface area contributed by atoms with Gasteiger partial charge in [-0.1, -0.05) is 19.1 Å². The highest BCUT2D eigenvalue weighted by Gasteiger charge is 2.31. The van der Waals surface area contributed by atoms with E-state index < -0.39 is 17.6 Å². The Hall–Kier alpha value is -2.18. The fourth-order valence-corrected chi connectivity index (χ4v) is 3.55. The molecule has 0 saturated carbocycles. The van der Waals surface area contributed by atoms with Crippen molar-refractivity contribution in [3.05, 3.63) is 39.6 Å². The standard InChI is InChI=1S/C15H12F3NOS2.C3H6O2/c1-3-13-12(8-19)14(9(2)21-13)10-4-6-11(7-5-10)20-22-15(16,17)18;1-2-5-3-4/h4-7H,3H2,1-2H3;3H,2H2,1H3. The molecule has 0 atom stereocenters. The summed E-state index contributed by atoms with van der Waals surface area (Å²) in [6.45, 7) is 6.59. The summed E-state index contributed by atoms with van der Waals surface area (Å²) in [7, 11) is 0. The number of benzene rings is 1. The molecule has 2 rings (SSSR count). The van der Waals surface area contributed by atoms with Crippen LogP contribution >= 0.6 is 23.4 Å². The third-order valence-electron chi connectivity index (χ3n) is 3.20. The van der Waals surface area contributed by atoms with E-state index in [9.17, 15) is 23.2 Å². The van der Waals surface area contributed by atoms with Gasteiger partial charge in [0, 0.05) is 15.3 Å². The summed E-state index contributed by atoms with van der Waals surface area (Å²) in [6, 6.07) is 8.50. The molecule has 0 aliphatic carbocycles. The Morgan fingerprint density at radius 2 is 1.89 bits per heavy atom. The molecule has 0 radical (unpaired) electrons. The Bertz CT molecular complexity index is 781. The first-order chi connectivity index (χ1) is 12.8. The molecule has 27 heavy (non-hydrogen) atoms. The van der Waals surface area contributed by atoms with Gasteiger partial charge in [0.2, 0.25) is 0 Å². The number of thiophene rings is 1. The zero-order valence-electron chi connectivity index (χ0n) is 14.9. The van der Waals surface area contributed by atoms with E-state index in [4.69, 9.17) is 0 Å². The molecule has 0 unspecified atom stereocenters. The lowest BCUT2D eigenvalue weighted by Gasteiger charge is -2.07. The number of alkyl halides is 3. The lowest BCUT2D eigenvalue weighted by atomic mass is 10.0. The van der Waals surface area contributed by atoms with Crippen molar-refractivity contribution in [3.63, 3.8) is 0 Å². The molecule has 1 aromatic carbocycles. The van der Waals surface area contributed by atoms with Gasteiger partial charge in [-0.05, 0) is 38.0 Å². The van der Waals surface area contributed by atoms with Crippen LogP contribution in [0.3, 0.4) is 0 Å². The van der Waals surface area contributed by atoms with Crippen molar-refractivity contribution >= 4 is 29.9 Å². The van der Waals surface area contributed by atoms with Crippen molar-refractivity contribution in [2.75, 3.05) is 6.61 Å². The van der Waals surface area contributed by atoms with Gasteiger partial charge < -0.3 is 8.92 Å². The molecule has 1 heterocycles. The number of nitrogens with zero attached hydrogens (tertiary/aromatic N) is 1. The highest BCUT2D eigenvalue weighted by Crippen LogP contribution is 2.38. The van der Waals surface area contributed by atoms with Crippen molar-refractivity contribution in [3.8, 4) is 22.9 Å². The highest BCUT2D eigenvalue weighted by molar-refractivity contribution is 7.95. The van der Waals surface area contributed by atoms with E-state index in [-0.39, 0.29) is 5.75 Å². The van der Waals surface area contributed by atoms with Crippen LogP contribution < -0.4 is 4.18 Å².